The molecule has 21 heavy (non-hydrogen) atoms. The van der Waals surface area contributed by atoms with E-state index in [0.717, 1.165) is 25.3 Å². The highest BCUT2D eigenvalue weighted by molar-refractivity contribution is 6.16. The summed E-state index contributed by atoms with van der Waals surface area (Å²) in [6, 6.07) is 2.80. The molecule has 1 aliphatic rings. The number of rotatable bonds is 2. The molecule has 0 radical (unpaired) electrons. The van der Waals surface area contributed by atoms with E-state index in [0.29, 0.717) is 17.3 Å². The highest BCUT2D eigenvalue weighted by Gasteiger charge is 2.27. The van der Waals surface area contributed by atoms with Gasteiger partial charge in [-0.2, -0.15) is 0 Å². The summed E-state index contributed by atoms with van der Waals surface area (Å²) in [5.74, 6) is -0.387. The zero-order chi connectivity index (χ0) is 15.0. The van der Waals surface area contributed by atoms with Crippen molar-refractivity contribution >= 4 is 22.6 Å². The van der Waals surface area contributed by atoms with Crippen LogP contribution in [0.4, 0.5) is 8.78 Å². The summed E-state index contributed by atoms with van der Waals surface area (Å²) in [7, 11) is 0. The second kappa shape index (κ2) is 5.91. The third kappa shape index (κ3) is 2.54. The number of fused-ring (bicyclic) bond motifs is 1. The number of nitrogens with zero attached hydrogens (tertiary/aromatic N) is 2. The van der Waals surface area contributed by atoms with E-state index in [1.165, 1.54) is 18.9 Å². The first kappa shape index (κ1) is 14.8. The van der Waals surface area contributed by atoms with Gasteiger partial charge in [-0.25, -0.2) is 13.8 Å². The summed E-state index contributed by atoms with van der Waals surface area (Å²) in [4.78, 5) is 4.40. The molecule has 0 bridgehead atoms. The zero-order valence-electron chi connectivity index (χ0n) is 12.1. The van der Waals surface area contributed by atoms with E-state index in [-0.39, 0.29) is 17.4 Å². The highest BCUT2D eigenvalue weighted by atomic mass is 35.5. The van der Waals surface area contributed by atoms with Crippen molar-refractivity contribution in [1.82, 2.24) is 9.55 Å². The molecule has 1 aromatic carbocycles. The number of hydrogen-bond acceptors (Lipinski definition) is 1. The smallest absolute Gasteiger partial charge is 0.184 e. The van der Waals surface area contributed by atoms with Gasteiger partial charge in [-0.05, 0) is 30.9 Å². The van der Waals surface area contributed by atoms with Crippen LogP contribution in [-0.2, 0) is 5.88 Å². The summed E-state index contributed by atoms with van der Waals surface area (Å²) < 4.78 is 29.8. The van der Waals surface area contributed by atoms with Gasteiger partial charge < -0.3 is 4.57 Å². The fourth-order valence-electron chi connectivity index (χ4n) is 3.48. The minimum Gasteiger partial charge on any atom is -0.321 e. The lowest BCUT2D eigenvalue weighted by molar-refractivity contribution is 0.332. The van der Waals surface area contributed by atoms with E-state index in [1.54, 1.807) is 0 Å². The van der Waals surface area contributed by atoms with E-state index in [1.807, 2.05) is 4.57 Å². The van der Waals surface area contributed by atoms with Crippen LogP contribution in [0.3, 0.4) is 0 Å². The van der Waals surface area contributed by atoms with Gasteiger partial charge in [0.1, 0.15) is 11.3 Å². The monoisotopic (exact) mass is 312 g/mol. The van der Waals surface area contributed by atoms with Crippen LogP contribution in [-0.4, -0.2) is 9.55 Å². The minimum atomic E-state index is -0.828. The lowest BCUT2D eigenvalue weighted by Crippen LogP contribution is -2.18. The van der Waals surface area contributed by atoms with Crippen LogP contribution in [0.1, 0.15) is 50.9 Å². The van der Waals surface area contributed by atoms with E-state index < -0.39 is 11.6 Å². The van der Waals surface area contributed by atoms with Crippen LogP contribution in [0, 0.1) is 17.6 Å². The molecule has 2 unspecified atom stereocenters. The number of halogens is 3. The Labute approximate surface area is 128 Å². The molecule has 1 aliphatic carbocycles. The predicted molar refractivity (Wildman–Crippen MR) is 80.5 cm³/mol. The molecule has 1 heterocycles. The summed E-state index contributed by atoms with van der Waals surface area (Å²) in [6.45, 7) is 2.18. The Hall–Kier alpha value is -1.16. The third-order valence-corrected chi connectivity index (χ3v) is 4.82. The van der Waals surface area contributed by atoms with Crippen LogP contribution < -0.4 is 0 Å². The molecule has 1 saturated carbocycles. The molecule has 1 aromatic heterocycles. The van der Waals surface area contributed by atoms with Gasteiger partial charge in [-0.1, -0.05) is 26.2 Å². The molecule has 1 fully saturated rings. The number of imidazole rings is 1. The van der Waals surface area contributed by atoms with Crippen molar-refractivity contribution in [3.63, 3.8) is 0 Å². The Morgan fingerprint density at radius 2 is 2.00 bits per heavy atom. The van der Waals surface area contributed by atoms with Crippen molar-refractivity contribution in [1.29, 1.82) is 0 Å². The minimum absolute atomic E-state index is 0.141. The highest BCUT2D eigenvalue weighted by Crippen LogP contribution is 2.37. The van der Waals surface area contributed by atoms with Crippen molar-refractivity contribution in [3.05, 3.63) is 29.6 Å². The summed E-state index contributed by atoms with van der Waals surface area (Å²) in [5, 5.41) is 0. The Morgan fingerprint density at radius 3 is 2.76 bits per heavy atom. The molecule has 0 aliphatic heterocycles. The maximum Gasteiger partial charge on any atom is 0.184 e. The molecule has 2 aromatic rings. The van der Waals surface area contributed by atoms with Gasteiger partial charge >= 0.3 is 0 Å². The van der Waals surface area contributed by atoms with E-state index >= 15 is 0 Å². The maximum absolute atomic E-state index is 14.3. The molecule has 2 atom stereocenters. The Bertz CT molecular complexity index is 653. The molecule has 0 saturated heterocycles. The molecule has 0 N–H and O–H groups in total. The fourth-order valence-corrected chi connectivity index (χ4v) is 3.67. The number of benzene rings is 1. The maximum atomic E-state index is 14.3. The lowest BCUT2D eigenvalue weighted by atomic mass is 9.96. The SMILES string of the molecule is CC1CCCCCC1n1c(CCl)nc2ccc(F)c(F)c21. The van der Waals surface area contributed by atoms with Crippen LogP contribution in [0.5, 0.6) is 0 Å². The molecule has 0 spiro atoms. The topological polar surface area (TPSA) is 17.8 Å². The Morgan fingerprint density at radius 1 is 1.24 bits per heavy atom. The number of alkyl halides is 1. The van der Waals surface area contributed by atoms with Crippen molar-refractivity contribution < 1.29 is 8.78 Å². The van der Waals surface area contributed by atoms with Gasteiger partial charge in [0, 0.05) is 6.04 Å². The number of aromatic nitrogens is 2. The van der Waals surface area contributed by atoms with E-state index in [2.05, 4.69) is 11.9 Å². The number of hydrogen-bond donors (Lipinski definition) is 0. The first-order valence-corrected chi connectivity index (χ1v) is 8.07. The molecule has 2 nitrogen and oxygen atoms in total. The molecular formula is C16H19ClF2N2. The quantitative estimate of drug-likeness (QED) is 0.551. The van der Waals surface area contributed by atoms with Gasteiger partial charge in [0.2, 0.25) is 0 Å². The predicted octanol–water partition coefficient (Wildman–Crippen LogP) is 5.19. The lowest BCUT2D eigenvalue weighted by Gasteiger charge is -2.25. The van der Waals surface area contributed by atoms with Crippen molar-refractivity contribution in [2.75, 3.05) is 0 Å². The second-order valence-electron chi connectivity index (χ2n) is 5.94. The largest absolute Gasteiger partial charge is 0.321 e. The van der Waals surface area contributed by atoms with Crippen molar-refractivity contribution in [3.8, 4) is 0 Å². The average Bonchev–Trinajstić information content (AvgIpc) is 2.72. The molecular weight excluding hydrogens is 294 g/mol. The normalized spacial score (nSPS) is 23.4. The van der Waals surface area contributed by atoms with Crippen molar-refractivity contribution in [2.45, 2.75) is 50.9 Å². The van der Waals surface area contributed by atoms with Gasteiger partial charge in [0.25, 0.3) is 0 Å². The van der Waals surface area contributed by atoms with Gasteiger partial charge in [-0.3, -0.25) is 0 Å². The Balaban J connectivity index is 2.21. The summed E-state index contributed by atoms with van der Waals surface area (Å²) in [5.41, 5.74) is 0.755. The first-order valence-electron chi connectivity index (χ1n) is 7.54. The fraction of sp³-hybridized carbons (Fsp3) is 0.562. The van der Waals surface area contributed by atoms with E-state index in [9.17, 15) is 8.78 Å². The van der Waals surface area contributed by atoms with Gasteiger partial charge in [0.05, 0.1) is 11.4 Å². The average molecular weight is 313 g/mol. The second-order valence-corrected chi connectivity index (χ2v) is 6.21. The van der Waals surface area contributed by atoms with Crippen molar-refractivity contribution in [2.24, 2.45) is 5.92 Å². The summed E-state index contributed by atoms with van der Waals surface area (Å²) in [6.07, 6.45) is 5.56. The van der Waals surface area contributed by atoms with Crippen LogP contribution in [0.2, 0.25) is 0 Å². The first-order chi connectivity index (χ1) is 10.1. The Kier molecular flexibility index (Phi) is 4.16. The molecule has 0 amide bonds. The van der Waals surface area contributed by atoms with E-state index in [4.69, 9.17) is 11.6 Å². The zero-order valence-corrected chi connectivity index (χ0v) is 12.8. The summed E-state index contributed by atoms with van der Waals surface area (Å²) >= 11 is 6.00. The molecule has 5 heteroatoms. The van der Waals surface area contributed by atoms with Crippen LogP contribution in [0.25, 0.3) is 11.0 Å². The van der Waals surface area contributed by atoms with Crippen LogP contribution in [0.15, 0.2) is 12.1 Å². The van der Waals surface area contributed by atoms with Gasteiger partial charge in [-0.15, -0.1) is 11.6 Å². The standard InChI is InChI=1S/C16H19ClF2N2/c1-10-5-3-2-4-6-13(10)21-14(9-17)20-12-8-7-11(18)15(19)16(12)21/h7-8,10,13H,2-6,9H2,1H3. The molecule has 3 rings (SSSR count). The molecule has 114 valence electrons. The van der Waals surface area contributed by atoms with Gasteiger partial charge in [0.15, 0.2) is 11.6 Å². The van der Waals surface area contributed by atoms with Crippen LogP contribution >= 0.6 is 11.6 Å². The third-order valence-electron chi connectivity index (χ3n) is 4.58.